The second kappa shape index (κ2) is 5.18. The largest absolute Gasteiger partial charge is 0.342 e. The summed E-state index contributed by atoms with van der Waals surface area (Å²) >= 11 is 0. The predicted octanol–water partition coefficient (Wildman–Crippen LogP) is 1.10. The first kappa shape index (κ1) is 14.4. The number of hydrogen-bond acceptors (Lipinski definition) is 5. The molecular weight excluding hydrogens is 270 g/mol. The summed E-state index contributed by atoms with van der Waals surface area (Å²) in [6, 6.07) is 9.42. The maximum absolute atomic E-state index is 10.9. The molecular formula is C12H17NO5S. The predicted molar refractivity (Wildman–Crippen MR) is 68.3 cm³/mol. The molecule has 19 heavy (non-hydrogen) atoms. The molecule has 1 heterocycles. The highest BCUT2D eigenvalue weighted by Crippen LogP contribution is 2.38. The monoisotopic (exact) mass is 287 g/mol. The van der Waals surface area contributed by atoms with E-state index in [4.69, 9.17) is 14.6 Å². The molecule has 0 aromatic heterocycles. The van der Waals surface area contributed by atoms with Crippen molar-refractivity contribution in [3.63, 3.8) is 0 Å². The van der Waals surface area contributed by atoms with Gasteiger partial charge in [0.15, 0.2) is 5.79 Å². The molecule has 2 N–H and O–H groups in total. The van der Waals surface area contributed by atoms with Gasteiger partial charge in [0, 0.05) is 0 Å². The maximum Gasteiger partial charge on any atom is 0.333 e. The van der Waals surface area contributed by atoms with Gasteiger partial charge in [0.2, 0.25) is 0 Å². The molecule has 2 rings (SSSR count). The minimum Gasteiger partial charge on any atom is -0.342 e. The molecule has 1 aromatic rings. The Kier molecular flexibility index (Phi) is 3.93. The molecule has 0 aliphatic carbocycles. The quantitative estimate of drug-likeness (QED) is 0.896. The van der Waals surface area contributed by atoms with E-state index in [1.165, 1.54) is 0 Å². The highest BCUT2D eigenvalue weighted by molar-refractivity contribution is 7.84. The molecule has 7 heteroatoms. The van der Waals surface area contributed by atoms with Crippen molar-refractivity contribution < 1.29 is 22.1 Å². The van der Waals surface area contributed by atoms with Crippen LogP contribution in [0.5, 0.6) is 0 Å². The molecule has 6 nitrogen and oxygen atoms in total. The molecule has 2 atom stereocenters. The minimum atomic E-state index is -3.99. The summed E-state index contributed by atoms with van der Waals surface area (Å²) in [7, 11) is -3.99. The lowest BCUT2D eigenvalue weighted by Crippen LogP contribution is -2.28. The van der Waals surface area contributed by atoms with Crippen molar-refractivity contribution in [2.24, 2.45) is 5.14 Å². The van der Waals surface area contributed by atoms with Crippen molar-refractivity contribution in [2.75, 3.05) is 6.61 Å². The lowest BCUT2D eigenvalue weighted by Gasteiger charge is -2.16. The van der Waals surface area contributed by atoms with E-state index < -0.39 is 28.3 Å². The van der Waals surface area contributed by atoms with Gasteiger partial charge in [-0.2, -0.15) is 8.42 Å². The van der Waals surface area contributed by atoms with Gasteiger partial charge in [0.05, 0.1) is 6.61 Å². The maximum atomic E-state index is 10.9. The molecule has 0 saturated carbocycles. The van der Waals surface area contributed by atoms with E-state index in [9.17, 15) is 8.42 Å². The van der Waals surface area contributed by atoms with Crippen LogP contribution >= 0.6 is 0 Å². The molecule has 0 bridgehead atoms. The number of rotatable bonds is 4. The average Bonchev–Trinajstić information content (AvgIpc) is 2.62. The number of ether oxygens (including phenoxy) is 2. The number of nitrogens with two attached hydrogens (primary N) is 1. The summed E-state index contributed by atoms with van der Waals surface area (Å²) in [5.74, 6) is -0.799. The molecule has 1 saturated heterocycles. The van der Waals surface area contributed by atoms with E-state index in [1.54, 1.807) is 13.8 Å². The van der Waals surface area contributed by atoms with E-state index in [1.807, 2.05) is 30.3 Å². The third-order valence-electron chi connectivity index (χ3n) is 2.71. The number of benzene rings is 1. The zero-order valence-electron chi connectivity index (χ0n) is 10.8. The van der Waals surface area contributed by atoms with Gasteiger partial charge in [0.25, 0.3) is 0 Å². The fourth-order valence-electron chi connectivity index (χ4n) is 2.04. The molecule has 0 unspecified atom stereocenters. The third kappa shape index (κ3) is 3.99. The Morgan fingerprint density at radius 3 is 2.47 bits per heavy atom. The first-order chi connectivity index (χ1) is 8.77. The van der Waals surface area contributed by atoms with Crippen LogP contribution < -0.4 is 5.14 Å². The molecule has 106 valence electrons. The van der Waals surface area contributed by atoms with Crippen LogP contribution in [0.1, 0.15) is 25.5 Å². The van der Waals surface area contributed by atoms with Crippen molar-refractivity contribution in [3.05, 3.63) is 35.9 Å². The van der Waals surface area contributed by atoms with Crippen molar-refractivity contribution in [3.8, 4) is 0 Å². The van der Waals surface area contributed by atoms with Gasteiger partial charge >= 0.3 is 10.3 Å². The first-order valence-corrected chi connectivity index (χ1v) is 7.32. The Labute approximate surface area is 112 Å². The molecule has 1 aliphatic heterocycles. The minimum absolute atomic E-state index is 0.179. The van der Waals surface area contributed by atoms with E-state index in [-0.39, 0.29) is 6.61 Å². The van der Waals surface area contributed by atoms with Crippen molar-refractivity contribution in [2.45, 2.75) is 31.8 Å². The van der Waals surface area contributed by atoms with Gasteiger partial charge in [-0.3, -0.25) is 4.18 Å². The molecule has 0 amide bonds. The van der Waals surface area contributed by atoms with E-state index in [0.29, 0.717) is 0 Å². The Morgan fingerprint density at radius 1 is 1.26 bits per heavy atom. The number of hydrogen-bond donors (Lipinski definition) is 1. The van der Waals surface area contributed by atoms with Crippen LogP contribution in [0.2, 0.25) is 0 Å². The van der Waals surface area contributed by atoms with Crippen molar-refractivity contribution in [1.82, 2.24) is 0 Å². The van der Waals surface area contributed by atoms with Gasteiger partial charge in [-0.15, -0.1) is 0 Å². The van der Waals surface area contributed by atoms with Gasteiger partial charge in [-0.25, -0.2) is 5.14 Å². The van der Waals surface area contributed by atoms with Gasteiger partial charge in [-0.05, 0) is 19.4 Å². The normalized spacial score (nSPS) is 26.5. The van der Waals surface area contributed by atoms with Crippen LogP contribution in [0.3, 0.4) is 0 Å². The van der Waals surface area contributed by atoms with E-state index >= 15 is 0 Å². The summed E-state index contributed by atoms with van der Waals surface area (Å²) in [6.07, 6.45) is -0.923. The second-order valence-electron chi connectivity index (χ2n) is 4.78. The van der Waals surface area contributed by atoms with E-state index in [0.717, 1.165) is 5.56 Å². The van der Waals surface area contributed by atoms with Crippen LogP contribution in [-0.4, -0.2) is 26.9 Å². The van der Waals surface area contributed by atoms with Crippen molar-refractivity contribution in [1.29, 1.82) is 0 Å². The summed E-state index contributed by atoms with van der Waals surface area (Å²) in [5.41, 5.74) is 0.899. The fraction of sp³-hybridized carbons (Fsp3) is 0.500. The summed E-state index contributed by atoms with van der Waals surface area (Å²) in [5, 5.41) is 4.82. The van der Waals surface area contributed by atoms with E-state index in [2.05, 4.69) is 4.18 Å². The zero-order valence-corrected chi connectivity index (χ0v) is 11.6. The molecule has 1 aromatic carbocycles. The molecule has 1 aliphatic rings. The smallest absolute Gasteiger partial charge is 0.333 e. The van der Waals surface area contributed by atoms with Crippen LogP contribution in [0.4, 0.5) is 0 Å². The second-order valence-corrected chi connectivity index (χ2v) is 6.00. The van der Waals surface area contributed by atoms with Gasteiger partial charge in [0.1, 0.15) is 12.2 Å². The lowest BCUT2D eigenvalue weighted by molar-refractivity contribution is -0.148. The Morgan fingerprint density at radius 2 is 1.89 bits per heavy atom. The van der Waals surface area contributed by atoms with Crippen LogP contribution in [0, 0.1) is 0 Å². The Bertz CT molecular complexity index is 528. The summed E-state index contributed by atoms with van der Waals surface area (Å²) in [6.45, 7) is 3.35. The van der Waals surface area contributed by atoms with Crippen LogP contribution in [0.15, 0.2) is 30.3 Å². The Balaban J connectivity index is 2.15. The Hall–Kier alpha value is -0.990. The summed E-state index contributed by atoms with van der Waals surface area (Å²) in [4.78, 5) is 0. The first-order valence-electron chi connectivity index (χ1n) is 5.84. The van der Waals surface area contributed by atoms with Crippen molar-refractivity contribution >= 4 is 10.3 Å². The highest BCUT2D eigenvalue weighted by atomic mass is 32.2. The van der Waals surface area contributed by atoms with Crippen LogP contribution in [-0.2, 0) is 24.0 Å². The SMILES string of the molecule is CC1(C)O[C@H](c2ccccc2)[C@@H](COS(N)(=O)=O)O1. The molecule has 0 spiro atoms. The zero-order chi connectivity index (χ0) is 14.1. The molecule has 1 fully saturated rings. The van der Waals surface area contributed by atoms with Gasteiger partial charge < -0.3 is 9.47 Å². The fourth-order valence-corrected chi connectivity index (χ4v) is 2.37. The van der Waals surface area contributed by atoms with Crippen LogP contribution in [0.25, 0.3) is 0 Å². The third-order valence-corrected chi connectivity index (χ3v) is 3.17. The topological polar surface area (TPSA) is 87.9 Å². The highest BCUT2D eigenvalue weighted by Gasteiger charge is 2.42. The molecule has 0 radical (unpaired) electrons. The van der Waals surface area contributed by atoms with Gasteiger partial charge in [-0.1, -0.05) is 30.3 Å². The average molecular weight is 287 g/mol. The lowest BCUT2D eigenvalue weighted by atomic mass is 10.1. The summed E-state index contributed by atoms with van der Waals surface area (Å²) < 4.78 is 37.7. The standard InChI is InChI=1S/C12H17NO5S/c1-12(2)17-10(8-16-19(13,14)15)11(18-12)9-6-4-3-5-7-9/h3-7,10-11H,8H2,1-2H3,(H2,13,14,15)/t10-,11-/m1/s1.